The molecule has 2 rings (SSSR count). The van der Waals surface area contributed by atoms with Crippen molar-refractivity contribution in [1.82, 2.24) is 0 Å². The summed E-state index contributed by atoms with van der Waals surface area (Å²) in [7, 11) is 0. The summed E-state index contributed by atoms with van der Waals surface area (Å²) in [6.45, 7) is 5.30. The smallest absolute Gasteiger partial charge is 0.122 e. The van der Waals surface area contributed by atoms with Gasteiger partial charge in [0.2, 0.25) is 0 Å². The molecule has 17 heavy (non-hydrogen) atoms. The Bertz CT molecular complexity index is 368. The molecule has 0 aliphatic carbocycles. The minimum absolute atomic E-state index is 0.167. The monoisotopic (exact) mass is 236 g/mol. The Hall–Kier alpha value is -1.06. The second-order valence-electron chi connectivity index (χ2n) is 4.66. The first kappa shape index (κ1) is 12.4. The van der Waals surface area contributed by atoms with E-state index in [9.17, 15) is 5.11 Å². The summed E-state index contributed by atoms with van der Waals surface area (Å²) in [6.07, 6.45) is 1.85. The zero-order valence-corrected chi connectivity index (χ0v) is 10.5. The summed E-state index contributed by atoms with van der Waals surface area (Å²) in [4.78, 5) is 0. The van der Waals surface area contributed by atoms with Gasteiger partial charge in [0.05, 0.1) is 12.7 Å². The summed E-state index contributed by atoms with van der Waals surface area (Å²) in [5.41, 5.74) is 1.99. The van der Waals surface area contributed by atoms with Crippen LogP contribution in [0.25, 0.3) is 0 Å². The van der Waals surface area contributed by atoms with Crippen molar-refractivity contribution in [3.8, 4) is 5.75 Å². The summed E-state index contributed by atoms with van der Waals surface area (Å²) in [5.74, 6) is 0.893. The van der Waals surface area contributed by atoms with Crippen molar-refractivity contribution in [1.29, 1.82) is 0 Å². The Morgan fingerprint density at radius 2 is 2.29 bits per heavy atom. The van der Waals surface area contributed by atoms with Crippen molar-refractivity contribution in [2.24, 2.45) is 0 Å². The second kappa shape index (κ2) is 5.52. The van der Waals surface area contributed by atoms with Crippen LogP contribution in [0.1, 0.15) is 37.0 Å². The maximum atomic E-state index is 9.50. The van der Waals surface area contributed by atoms with E-state index in [1.807, 2.05) is 25.1 Å². The minimum Gasteiger partial charge on any atom is -0.488 e. The molecule has 0 aromatic heterocycles. The van der Waals surface area contributed by atoms with Crippen LogP contribution in [-0.2, 0) is 4.74 Å². The average Bonchev–Trinajstić information content (AvgIpc) is 2.33. The predicted octanol–water partition coefficient (Wildman–Crippen LogP) is 2.61. The van der Waals surface area contributed by atoms with Gasteiger partial charge in [-0.2, -0.15) is 0 Å². The fraction of sp³-hybridized carbons (Fsp3) is 0.571. The molecule has 1 aromatic rings. The molecule has 3 nitrogen and oxygen atoms in total. The maximum absolute atomic E-state index is 9.50. The number of aryl methyl sites for hydroxylation is 1. The number of hydrogen-bond acceptors (Lipinski definition) is 3. The molecular formula is C14H20O3. The first-order valence-corrected chi connectivity index (χ1v) is 6.20. The lowest BCUT2D eigenvalue weighted by Crippen LogP contribution is -2.28. The van der Waals surface area contributed by atoms with E-state index in [-0.39, 0.29) is 6.10 Å². The van der Waals surface area contributed by atoms with E-state index in [0.29, 0.717) is 6.61 Å². The molecule has 1 heterocycles. The number of ether oxygens (including phenoxy) is 2. The molecule has 1 aliphatic heterocycles. The van der Waals surface area contributed by atoms with Gasteiger partial charge in [0.1, 0.15) is 11.9 Å². The fourth-order valence-corrected chi connectivity index (χ4v) is 2.05. The topological polar surface area (TPSA) is 38.7 Å². The SMILES string of the molecule is Cc1cc([C@H](C)O)ccc1OC1CCCOC1. The van der Waals surface area contributed by atoms with E-state index >= 15 is 0 Å². The lowest BCUT2D eigenvalue weighted by molar-refractivity contribution is 0.00713. The molecule has 0 radical (unpaired) electrons. The Morgan fingerprint density at radius 1 is 1.47 bits per heavy atom. The van der Waals surface area contributed by atoms with E-state index in [4.69, 9.17) is 9.47 Å². The van der Waals surface area contributed by atoms with Crippen LogP contribution in [0.4, 0.5) is 0 Å². The number of hydrogen-bond donors (Lipinski definition) is 1. The van der Waals surface area contributed by atoms with E-state index in [1.54, 1.807) is 6.92 Å². The van der Waals surface area contributed by atoms with Gasteiger partial charge in [0, 0.05) is 6.61 Å². The van der Waals surface area contributed by atoms with Crippen LogP contribution in [0.5, 0.6) is 5.75 Å². The molecule has 1 saturated heterocycles. The molecule has 1 aliphatic rings. The second-order valence-corrected chi connectivity index (χ2v) is 4.66. The van der Waals surface area contributed by atoms with Gasteiger partial charge in [-0.3, -0.25) is 0 Å². The molecule has 0 spiro atoms. The number of rotatable bonds is 3. The third kappa shape index (κ3) is 3.20. The van der Waals surface area contributed by atoms with Gasteiger partial charge >= 0.3 is 0 Å². The Morgan fingerprint density at radius 3 is 2.88 bits per heavy atom. The standard InChI is InChI=1S/C14H20O3/c1-10-8-12(11(2)15)5-6-14(10)17-13-4-3-7-16-9-13/h5-6,8,11,13,15H,3-4,7,9H2,1-2H3/t11-,13?/m0/s1. The summed E-state index contributed by atoms with van der Waals surface area (Å²) < 4.78 is 11.3. The Balaban J connectivity index is 2.05. The molecular weight excluding hydrogens is 216 g/mol. The molecule has 2 atom stereocenters. The van der Waals surface area contributed by atoms with Crippen LogP contribution < -0.4 is 4.74 Å². The lowest BCUT2D eigenvalue weighted by Gasteiger charge is -2.24. The largest absolute Gasteiger partial charge is 0.488 e. The Labute approximate surface area is 102 Å². The first-order valence-electron chi connectivity index (χ1n) is 6.20. The van der Waals surface area contributed by atoms with Crippen LogP contribution >= 0.6 is 0 Å². The molecule has 1 fully saturated rings. The van der Waals surface area contributed by atoms with Gasteiger partial charge in [-0.1, -0.05) is 6.07 Å². The van der Waals surface area contributed by atoms with E-state index in [2.05, 4.69) is 0 Å². The van der Waals surface area contributed by atoms with Gasteiger partial charge in [-0.05, 0) is 49.9 Å². The highest BCUT2D eigenvalue weighted by atomic mass is 16.5. The first-order chi connectivity index (χ1) is 8.16. The van der Waals surface area contributed by atoms with E-state index in [0.717, 1.165) is 36.3 Å². The quantitative estimate of drug-likeness (QED) is 0.876. The summed E-state index contributed by atoms with van der Waals surface area (Å²) in [6, 6.07) is 5.83. The van der Waals surface area contributed by atoms with Crippen LogP contribution in [0.3, 0.4) is 0 Å². The molecule has 0 saturated carbocycles. The number of aliphatic hydroxyl groups excluding tert-OH is 1. The van der Waals surface area contributed by atoms with Crippen LogP contribution in [0.15, 0.2) is 18.2 Å². The zero-order chi connectivity index (χ0) is 12.3. The van der Waals surface area contributed by atoms with Gasteiger partial charge in [0.15, 0.2) is 0 Å². The molecule has 1 N–H and O–H groups in total. The molecule has 0 amide bonds. The van der Waals surface area contributed by atoms with Crippen LogP contribution in [0.2, 0.25) is 0 Å². The molecule has 3 heteroatoms. The maximum Gasteiger partial charge on any atom is 0.122 e. The Kier molecular flexibility index (Phi) is 4.02. The molecule has 94 valence electrons. The van der Waals surface area contributed by atoms with Crippen molar-refractivity contribution >= 4 is 0 Å². The number of benzene rings is 1. The zero-order valence-electron chi connectivity index (χ0n) is 10.5. The lowest BCUT2D eigenvalue weighted by atomic mass is 10.1. The van der Waals surface area contributed by atoms with Gasteiger partial charge in [0.25, 0.3) is 0 Å². The summed E-state index contributed by atoms with van der Waals surface area (Å²) in [5, 5.41) is 9.50. The fourth-order valence-electron chi connectivity index (χ4n) is 2.05. The van der Waals surface area contributed by atoms with Crippen molar-refractivity contribution in [2.45, 2.75) is 38.9 Å². The van der Waals surface area contributed by atoms with E-state index in [1.165, 1.54) is 0 Å². The van der Waals surface area contributed by atoms with Gasteiger partial charge in [-0.15, -0.1) is 0 Å². The highest BCUT2D eigenvalue weighted by Gasteiger charge is 2.16. The third-order valence-electron chi connectivity index (χ3n) is 3.09. The molecule has 1 aromatic carbocycles. The van der Waals surface area contributed by atoms with Crippen molar-refractivity contribution < 1.29 is 14.6 Å². The van der Waals surface area contributed by atoms with Crippen molar-refractivity contribution in [3.63, 3.8) is 0 Å². The van der Waals surface area contributed by atoms with Gasteiger partial charge in [-0.25, -0.2) is 0 Å². The predicted molar refractivity (Wildman–Crippen MR) is 66.3 cm³/mol. The normalized spacial score (nSPS) is 22.2. The van der Waals surface area contributed by atoms with Crippen LogP contribution in [0, 0.1) is 6.92 Å². The molecule has 0 bridgehead atoms. The van der Waals surface area contributed by atoms with Gasteiger partial charge < -0.3 is 14.6 Å². The molecule has 1 unspecified atom stereocenters. The van der Waals surface area contributed by atoms with Crippen molar-refractivity contribution in [3.05, 3.63) is 29.3 Å². The van der Waals surface area contributed by atoms with Crippen molar-refractivity contribution in [2.75, 3.05) is 13.2 Å². The average molecular weight is 236 g/mol. The summed E-state index contributed by atoms with van der Waals surface area (Å²) >= 11 is 0. The minimum atomic E-state index is -0.430. The van der Waals surface area contributed by atoms with E-state index < -0.39 is 6.10 Å². The highest BCUT2D eigenvalue weighted by molar-refractivity contribution is 5.37. The van der Waals surface area contributed by atoms with Crippen LogP contribution in [-0.4, -0.2) is 24.4 Å². The third-order valence-corrected chi connectivity index (χ3v) is 3.09. The highest BCUT2D eigenvalue weighted by Crippen LogP contribution is 2.25. The number of aliphatic hydroxyl groups is 1.